The van der Waals surface area contributed by atoms with E-state index in [4.69, 9.17) is 9.47 Å². The lowest BCUT2D eigenvalue weighted by Crippen LogP contribution is -2.33. The number of nitrogens with one attached hydrogen (secondary N) is 1. The van der Waals surface area contributed by atoms with Crippen LogP contribution in [0.15, 0.2) is 53.3 Å². The molecular weight excluding hydrogens is 436 g/mol. The minimum absolute atomic E-state index is 0.0190. The number of methoxy groups -OCH3 is 2. The van der Waals surface area contributed by atoms with E-state index in [2.05, 4.69) is 14.7 Å². The Kier molecular flexibility index (Phi) is 8.09. The summed E-state index contributed by atoms with van der Waals surface area (Å²) in [5, 5.41) is 0.445. The number of aromatic nitrogens is 2. The Morgan fingerprint density at radius 1 is 1.18 bits per heavy atom. The molecule has 0 radical (unpaired) electrons. The average molecular weight is 459 g/mol. The molecule has 0 aliphatic carbocycles. The van der Waals surface area contributed by atoms with Gasteiger partial charge in [0.05, 0.1) is 31.2 Å². The first kappa shape index (κ1) is 23.9. The van der Waals surface area contributed by atoms with Crippen LogP contribution in [0, 0.1) is 0 Å². The van der Waals surface area contributed by atoms with E-state index in [-0.39, 0.29) is 42.3 Å². The number of alkyl halides is 2. The highest BCUT2D eigenvalue weighted by atomic mass is 19.3. The fourth-order valence-corrected chi connectivity index (χ4v) is 3.17. The second-order valence-corrected chi connectivity index (χ2v) is 6.87. The van der Waals surface area contributed by atoms with Crippen molar-refractivity contribution >= 4 is 22.9 Å². The topological polar surface area (TPSA) is 93.8 Å². The van der Waals surface area contributed by atoms with Crippen LogP contribution in [0.5, 0.6) is 11.5 Å². The molecule has 0 saturated heterocycles. The maximum Gasteiger partial charge on any atom is 0.387 e. The number of nitrogens with zero attached hydrogens (tertiary/aromatic N) is 2. The van der Waals surface area contributed by atoms with Crippen LogP contribution in [-0.2, 0) is 16.1 Å². The van der Waals surface area contributed by atoms with Crippen LogP contribution in [-0.4, -0.2) is 54.8 Å². The van der Waals surface area contributed by atoms with Crippen LogP contribution in [0.3, 0.4) is 0 Å². The lowest BCUT2D eigenvalue weighted by Gasteiger charge is -2.20. The molecule has 8 nitrogen and oxygen atoms in total. The van der Waals surface area contributed by atoms with E-state index in [1.807, 2.05) is 0 Å². The Hall–Kier alpha value is -3.79. The van der Waals surface area contributed by atoms with E-state index >= 15 is 0 Å². The van der Waals surface area contributed by atoms with Gasteiger partial charge in [-0.15, -0.1) is 0 Å². The van der Waals surface area contributed by atoms with Gasteiger partial charge < -0.3 is 24.1 Å². The number of halogens is 2. The first-order valence-electron chi connectivity index (χ1n) is 9.98. The van der Waals surface area contributed by atoms with Crippen molar-refractivity contribution in [2.24, 2.45) is 0 Å². The van der Waals surface area contributed by atoms with Crippen molar-refractivity contribution in [1.82, 2.24) is 14.9 Å². The van der Waals surface area contributed by atoms with Crippen molar-refractivity contribution in [2.75, 3.05) is 27.4 Å². The Morgan fingerprint density at radius 2 is 1.97 bits per heavy atom. The minimum atomic E-state index is -3.06. The molecule has 0 atom stereocenters. The first-order chi connectivity index (χ1) is 15.9. The fraction of sp³-hybridized carbons (Fsp3) is 0.261. The van der Waals surface area contributed by atoms with E-state index in [1.54, 1.807) is 30.3 Å². The second-order valence-electron chi connectivity index (χ2n) is 6.87. The summed E-state index contributed by atoms with van der Waals surface area (Å²) in [4.78, 5) is 33.8. The van der Waals surface area contributed by atoms with Gasteiger partial charge in [-0.1, -0.05) is 24.3 Å². The van der Waals surface area contributed by atoms with Crippen molar-refractivity contribution in [1.29, 1.82) is 0 Å². The molecule has 3 aromatic rings. The van der Waals surface area contributed by atoms with Gasteiger partial charge in [-0.2, -0.15) is 8.78 Å². The summed E-state index contributed by atoms with van der Waals surface area (Å²) in [5.74, 6) is -0.199. The molecule has 0 fully saturated rings. The monoisotopic (exact) mass is 459 g/mol. The summed E-state index contributed by atoms with van der Waals surface area (Å²) in [5.41, 5.74) is 0.443. The molecule has 0 saturated carbocycles. The molecule has 1 aromatic heterocycles. The molecule has 174 valence electrons. The molecule has 33 heavy (non-hydrogen) atoms. The zero-order chi connectivity index (χ0) is 23.8. The summed E-state index contributed by atoms with van der Waals surface area (Å²) >= 11 is 0. The predicted molar refractivity (Wildman–Crippen MR) is 118 cm³/mol. The van der Waals surface area contributed by atoms with Gasteiger partial charge in [0.2, 0.25) is 5.91 Å². The number of H-pyrrole nitrogens is 1. The molecule has 0 unspecified atom stereocenters. The SMILES string of the molecule is COCCN(Cc1nc2ccccc2c(=O)[nH]1)C(=O)/C=C/c1cccc(OC)c1OC(F)F. The van der Waals surface area contributed by atoms with E-state index < -0.39 is 12.5 Å². The molecule has 0 bridgehead atoms. The number of amides is 1. The maximum absolute atomic E-state index is 12.9. The summed E-state index contributed by atoms with van der Waals surface area (Å²) in [6, 6.07) is 11.5. The molecule has 1 amide bonds. The quantitative estimate of drug-likeness (QED) is 0.468. The number of aromatic amines is 1. The highest BCUT2D eigenvalue weighted by Gasteiger charge is 2.16. The average Bonchev–Trinajstić information content (AvgIpc) is 2.80. The lowest BCUT2D eigenvalue weighted by atomic mass is 10.1. The normalized spacial score (nSPS) is 11.3. The van der Waals surface area contributed by atoms with Gasteiger partial charge in [-0.05, 0) is 24.3 Å². The highest BCUT2D eigenvalue weighted by molar-refractivity contribution is 5.92. The molecule has 1 heterocycles. The van der Waals surface area contributed by atoms with Gasteiger partial charge >= 0.3 is 6.61 Å². The van der Waals surface area contributed by atoms with Gasteiger partial charge in [0, 0.05) is 25.3 Å². The molecule has 0 spiro atoms. The highest BCUT2D eigenvalue weighted by Crippen LogP contribution is 2.33. The Labute approximate surface area is 188 Å². The fourth-order valence-electron chi connectivity index (χ4n) is 3.17. The van der Waals surface area contributed by atoms with Gasteiger partial charge in [0.25, 0.3) is 5.56 Å². The number of rotatable bonds is 10. The van der Waals surface area contributed by atoms with Gasteiger partial charge in [0.1, 0.15) is 5.82 Å². The van der Waals surface area contributed by atoms with Crippen LogP contribution in [0.25, 0.3) is 17.0 Å². The first-order valence-corrected chi connectivity index (χ1v) is 9.98. The van der Waals surface area contributed by atoms with Gasteiger partial charge in [-0.3, -0.25) is 9.59 Å². The van der Waals surface area contributed by atoms with Crippen LogP contribution >= 0.6 is 0 Å². The van der Waals surface area contributed by atoms with Crippen molar-refractivity contribution in [3.63, 3.8) is 0 Å². The molecule has 2 aromatic carbocycles. The third-order valence-corrected chi connectivity index (χ3v) is 4.72. The van der Waals surface area contributed by atoms with Crippen LogP contribution in [0.4, 0.5) is 8.78 Å². The molecule has 0 aliphatic heterocycles. The summed E-state index contributed by atoms with van der Waals surface area (Å²) in [6.07, 6.45) is 2.58. The summed E-state index contributed by atoms with van der Waals surface area (Å²) in [6.45, 7) is -2.58. The van der Waals surface area contributed by atoms with Crippen LogP contribution in [0.2, 0.25) is 0 Å². The number of carbonyl (C=O) groups excluding carboxylic acids is 1. The zero-order valence-electron chi connectivity index (χ0n) is 18.1. The largest absolute Gasteiger partial charge is 0.493 e. The molecule has 1 N–H and O–H groups in total. The van der Waals surface area contributed by atoms with Crippen LogP contribution < -0.4 is 15.0 Å². The third kappa shape index (κ3) is 6.13. The van der Waals surface area contributed by atoms with Crippen molar-refractivity contribution < 1.29 is 27.8 Å². The third-order valence-electron chi connectivity index (χ3n) is 4.72. The van der Waals surface area contributed by atoms with E-state index in [0.717, 1.165) is 0 Å². The van der Waals surface area contributed by atoms with Crippen molar-refractivity contribution in [3.8, 4) is 11.5 Å². The van der Waals surface area contributed by atoms with Crippen molar-refractivity contribution in [3.05, 3.63) is 70.3 Å². The second kappa shape index (κ2) is 11.2. The molecule has 10 heteroatoms. The number of ether oxygens (including phenoxy) is 3. The molecule has 0 aliphatic rings. The predicted octanol–water partition coefficient (Wildman–Crippen LogP) is 3.22. The number of carbonyl (C=O) groups is 1. The number of benzene rings is 2. The Balaban J connectivity index is 1.86. The number of fused-ring (bicyclic) bond motifs is 1. The summed E-state index contributed by atoms with van der Waals surface area (Å²) in [7, 11) is 2.83. The van der Waals surface area contributed by atoms with Gasteiger partial charge in [0.15, 0.2) is 11.5 Å². The number of hydrogen-bond donors (Lipinski definition) is 1. The van der Waals surface area contributed by atoms with Crippen LogP contribution in [0.1, 0.15) is 11.4 Å². The number of hydrogen-bond acceptors (Lipinski definition) is 6. The summed E-state index contributed by atoms with van der Waals surface area (Å²) < 4.78 is 40.4. The van der Waals surface area contributed by atoms with Gasteiger partial charge in [-0.25, -0.2) is 4.98 Å². The van der Waals surface area contributed by atoms with E-state index in [9.17, 15) is 18.4 Å². The smallest absolute Gasteiger partial charge is 0.387 e. The Morgan fingerprint density at radius 3 is 2.70 bits per heavy atom. The van der Waals surface area contributed by atoms with E-state index in [1.165, 1.54) is 43.4 Å². The zero-order valence-corrected chi connectivity index (χ0v) is 18.1. The minimum Gasteiger partial charge on any atom is -0.493 e. The molecule has 3 rings (SSSR count). The maximum atomic E-state index is 12.9. The number of para-hydroxylation sites is 2. The van der Waals surface area contributed by atoms with E-state index in [0.29, 0.717) is 16.7 Å². The standard InChI is InChI=1S/C23H23F2N3O5/c1-31-13-12-28(14-19-26-17-8-4-3-7-16(17)22(30)27-19)20(29)11-10-15-6-5-9-18(32-2)21(15)33-23(24)25/h3-11,23H,12-14H2,1-2H3,(H,26,27,30)/b11-10+. The lowest BCUT2D eigenvalue weighted by molar-refractivity contribution is -0.127. The van der Waals surface area contributed by atoms with Crippen molar-refractivity contribution in [2.45, 2.75) is 13.2 Å². The Bertz CT molecular complexity index is 1200. The molecular formula is C23H23F2N3O5.